The van der Waals surface area contributed by atoms with Crippen molar-refractivity contribution >= 4 is 0 Å². The average Bonchev–Trinajstić information content (AvgIpc) is 2.44. The predicted octanol–water partition coefficient (Wildman–Crippen LogP) is 3.32. The number of aryl methyl sites for hydroxylation is 2. The van der Waals surface area contributed by atoms with Crippen LogP contribution in [0.4, 0.5) is 0 Å². The summed E-state index contributed by atoms with van der Waals surface area (Å²) in [4.78, 5) is 14.5. The Morgan fingerprint density at radius 1 is 1.24 bits per heavy atom. The van der Waals surface area contributed by atoms with Crippen molar-refractivity contribution in [2.45, 2.75) is 27.2 Å². The van der Waals surface area contributed by atoms with Crippen molar-refractivity contribution in [2.24, 2.45) is 0 Å². The van der Waals surface area contributed by atoms with Crippen molar-refractivity contribution in [2.75, 3.05) is 6.61 Å². The summed E-state index contributed by atoms with van der Waals surface area (Å²) in [5.74, 6) is 0.804. The van der Waals surface area contributed by atoms with E-state index < -0.39 is 0 Å². The summed E-state index contributed by atoms with van der Waals surface area (Å²) in [6.45, 7) is 6.48. The molecule has 0 aliphatic heterocycles. The molecule has 0 aliphatic rings. The van der Waals surface area contributed by atoms with Crippen LogP contribution in [0.5, 0.6) is 5.75 Å². The summed E-state index contributed by atoms with van der Waals surface area (Å²) in [5.41, 5.74) is 3.05. The van der Waals surface area contributed by atoms with Gasteiger partial charge in [0, 0.05) is 11.3 Å². The van der Waals surface area contributed by atoms with Crippen molar-refractivity contribution in [3.05, 3.63) is 51.4 Å². The average molecular weight is 282 g/mol. The summed E-state index contributed by atoms with van der Waals surface area (Å²) >= 11 is 0. The Balaban J connectivity index is 2.53. The number of ether oxygens (including phenoxy) is 1. The maximum absolute atomic E-state index is 11.9. The van der Waals surface area contributed by atoms with E-state index in [4.69, 9.17) is 4.74 Å². The molecule has 1 N–H and O–H groups in total. The fraction of sp³-hybridized carbons (Fsp3) is 0.294. The van der Waals surface area contributed by atoms with Crippen LogP contribution in [0, 0.1) is 25.2 Å². The number of aromatic amines is 1. The summed E-state index contributed by atoms with van der Waals surface area (Å²) in [5, 5.41) is 9.22. The van der Waals surface area contributed by atoms with E-state index >= 15 is 0 Å². The zero-order valence-corrected chi connectivity index (χ0v) is 12.5. The molecule has 1 aromatic heterocycles. The fourth-order valence-electron chi connectivity index (χ4n) is 2.26. The number of benzene rings is 1. The minimum atomic E-state index is -0.349. The van der Waals surface area contributed by atoms with E-state index in [9.17, 15) is 10.1 Å². The number of hydrogen-bond donors (Lipinski definition) is 1. The van der Waals surface area contributed by atoms with E-state index in [2.05, 4.69) is 11.9 Å². The third kappa shape index (κ3) is 3.14. The number of pyridine rings is 1. The van der Waals surface area contributed by atoms with E-state index in [-0.39, 0.29) is 11.1 Å². The smallest absolute Gasteiger partial charge is 0.266 e. The zero-order chi connectivity index (χ0) is 15.4. The maximum atomic E-state index is 11.9. The molecule has 1 heterocycles. The highest BCUT2D eigenvalue weighted by atomic mass is 16.5. The van der Waals surface area contributed by atoms with Gasteiger partial charge in [0.15, 0.2) is 0 Å². The van der Waals surface area contributed by atoms with Crippen LogP contribution in [0.3, 0.4) is 0 Å². The molecule has 4 nitrogen and oxygen atoms in total. The highest BCUT2D eigenvalue weighted by molar-refractivity contribution is 5.73. The summed E-state index contributed by atoms with van der Waals surface area (Å²) in [6.07, 6.45) is 0.951. The number of nitrogens with zero attached hydrogens (tertiary/aromatic N) is 1. The molecule has 0 radical (unpaired) electrons. The monoisotopic (exact) mass is 282 g/mol. The van der Waals surface area contributed by atoms with E-state index in [0.717, 1.165) is 29.0 Å². The molecule has 0 saturated heterocycles. The molecule has 0 fully saturated rings. The van der Waals surface area contributed by atoms with Gasteiger partial charge in [0.25, 0.3) is 5.56 Å². The quantitative estimate of drug-likeness (QED) is 0.935. The molecule has 2 rings (SSSR count). The van der Waals surface area contributed by atoms with Gasteiger partial charge in [-0.2, -0.15) is 5.26 Å². The molecule has 0 aliphatic carbocycles. The van der Waals surface area contributed by atoms with Crippen LogP contribution >= 0.6 is 0 Å². The molecular formula is C17H18N2O2. The largest absolute Gasteiger partial charge is 0.494 e. The van der Waals surface area contributed by atoms with Gasteiger partial charge in [-0.3, -0.25) is 4.79 Å². The first-order valence-corrected chi connectivity index (χ1v) is 6.94. The van der Waals surface area contributed by atoms with E-state index in [1.807, 2.05) is 37.3 Å². The highest BCUT2D eigenvalue weighted by Gasteiger charge is 2.12. The minimum absolute atomic E-state index is 0.144. The van der Waals surface area contributed by atoms with Crippen LogP contribution in [0.2, 0.25) is 0 Å². The molecule has 0 unspecified atom stereocenters. The summed E-state index contributed by atoms with van der Waals surface area (Å²) < 4.78 is 5.60. The zero-order valence-electron chi connectivity index (χ0n) is 12.5. The summed E-state index contributed by atoms with van der Waals surface area (Å²) in [7, 11) is 0. The normalized spacial score (nSPS) is 10.2. The highest BCUT2D eigenvalue weighted by Crippen LogP contribution is 2.28. The van der Waals surface area contributed by atoms with Crippen molar-refractivity contribution in [1.29, 1.82) is 5.26 Å². The number of H-pyrrole nitrogens is 1. The second kappa shape index (κ2) is 6.27. The van der Waals surface area contributed by atoms with Gasteiger partial charge >= 0.3 is 0 Å². The van der Waals surface area contributed by atoms with Gasteiger partial charge in [0.2, 0.25) is 0 Å². The van der Waals surface area contributed by atoms with Crippen LogP contribution in [-0.2, 0) is 0 Å². The molecular weight excluding hydrogens is 264 g/mol. The second-order valence-electron chi connectivity index (χ2n) is 5.01. The molecule has 0 saturated carbocycles. The van der Waals surface area contributed by atoms with Crippen LogP contribution in [0.25, 0.3) is 11.1 Å². The number of rotatable bonds is 4. The Kier molecular flexibility index (Phi) is 4.44. The van der Waals surface area contributed by atoms with Crippen LogP contribution in [0.15, 0.2) is 29.1 Å². The third-order valence-corrected chi connectivity index (χ3v) is 3.24. The number of hydrogen-bond acceptors (Lipinski definition) is 3. The number of nitriles is 1. The Morgan fingerprint density at radius 3 is 2.62 bits per heavy atom. The molecule has 0 amide bonds. The van der Waals surface area contributed by atoms with Gasteiger partial charge in [-0.05, 0) is 49.6 Å². The minimum Gasteiger partial charge on any atom is -0.494 e. The number of nitrogens with one attached hydrogen (secondary N) is 1. The van der Waals surface area contributed by atoms with Gasteiger partial charge in [0.05, 0.1) is 6.61 Å². The Hall–Kier alpha value is -2.54. The molecule has 0 atom stereocenters. The summed E-state index contributed by atoms with van der Waals surface area (Å²) in [6, 6.07) is 9.52. The Bertz CT molecular complexity index is 754. The van der Waals surface area contributed by atoms with Gasteiger partial charge in [-0.1, -0.05) is 13.0 Å². The predicted molar refractivity (Wildman–Crippen MR) is 82.5 cm³/mol. The van der Waals surface area contributed by atoms with Gasteiger partial charge in [-0.15, -0.1) is 0 Å². The molecule has 21 heavy (non-hydrogen) atoms. The Morgan fingerprint density at radius 2 is 2.00 bits per heavy atom. The van der Waals surface area contributed by atoms with E-state index in [0.29, 0.717) is 12.2 Å². The number of aromatic nitrogens is 1. The fourth-order valence-corrected chi connectivity index (χ4v) is 2.26. The van der Waals surface area contributed by atoms with Crippen molar-refractivity contribution in [1.82, 2.24) is 4.98 Å². The first-order valence-electron chi connectivity index (χ1n) is 6.94. The van der Waals surface area contributed by atoms with Crippen molar-refractivity contribution in [3.8, 4) is 22.9 Å². The van der Waals surface area contributed by atoms with Crippen molar-refractivity contribution in [3.63, 3.8) is 0 Å². The van der Waals surface area contributed by atoms with Gasteiger partial charge < -0.3 is 9.72 Å². The second-order valence-corrected chi connectivity index (χ2v) is 5.01. The topological polar surface area (TPSA) is 65.9 Å². The van der Waals surface area contributed by atoms with Gasteiger partial charge in [-0.25, -0.2) is 0 Å². The Labute approximate surface area is 124 Å². The van der Waals surface area contributed by atoms with Crippen molar-refractivity contribution < 1.29 is 4.74 Å². The molecule has 108 valence electrons. The van der Waals surface area contributed by atoms with Crippen LogP contribution in [0.1, 0.15) is 30.2 Å². The van der Waals surface area contributed by atoms with E-state index in [1.54, 1.807) is 6.92 Å². The molecule has 2 aromatic rings. The van der Waals surface area contributed by atoms with E-state index in [1.165, 1.54) is 0 Å². The molecule has 0 spiro atoms. The standard InChI is InChI=1S/C17H18N2O2/c1-4-7-21-13-5-6-14(11(2)8-13)15-9-12(3)19-17(20)16(15)10-18/h5-6,8-9H,4,7H2,1-3H3,(H,19,20). The van der Waals surface area contributed by atoms with Crippen LogP contribution in [-0.4, -0.2) is 11.6 Å². The maximum Gasteiger partial charge on any atom is 0.266 e. The third-order valence-electron chi connectivity index (χ3n) is 3.24. The lowest BCUT2D eigenvalue weighted by Gasteiger charge is -2.11. The van der Waals surface area contributed by atoms with Crippen LogP contribution < -0.4 is 10.3 Å². The molecule has 4 heteroatoms. The first kappa shape index (κ1) is 14.9. The lowest BCUT2D eigenvalue weighted by molar-refractivity contribution is 0.317. The lowest BCUT2D eigenvalue weighted by atomic mass is 9.97. The molecule has 1 aromatic carbocycles. The molecule has 0 bridgehead atoms. The lowest BCUT2D eigenvalue weighted by Crippen LogP contribution is -2.13. The SMILES string of the molecule is CCCOc1ccc(-c2cc(C)[nH]c(=O)c2C#N)c(C)c1. The first-order chi connectivity index (χ1) is 10.1. The van der Waals surface area contributed by atoms with Gasteiger partial charge in [0.1, 0.15) is 17.4 Å².